The Morgan fingerprint density at radius 3 is 2.63 bits per heavy atom. The number of tetrazole rings is 1. The van der Waals surface area contributed by atoms with Gasteiger partial charge in [0.2, 0.25) is 0 Å². The number of carbonyl (C=O) groups excluding carboxylic acids is 1. The third-order valence-electron chi connectivity index (χ3n) is 4.88. The van der Waals surface area contributed by atoms with E-state index in [1.165, 1.54) is 6.33 Å². The Morgan fingerprint density at radius 1 is 1.07 bits per heavy atom. The Morgan fingerprint density at radius 2 is 1.87 bits per heavy atom. The van der Waals surface area contributed by atoms with Crippen LogP contribution < -0.4 is 10.1 Å². The molecular formula is C23H21N5O2. The SMILES string of the molecule is COc1ccccc1CNC(=O)c1cc(-c2ccccc2C)cc(-n2cnnn2)c1. The normalized spacial score (nSPS) is 10.6. The van der Waals surface area contributed by atoms with Crippen molar-refractivity contribution in [3.05, 3.63) is 89.7 Å². The molecule has 1 amide bonds. The number of hydrogen-bond donors (Lipinski definition) is 1. The third kappa shape index (κ3) is 4.05. The lowest BCUT2D eigenvalue weighted by atomic mass is 9.98. The van der Waals surface area contributed by atoms with E-state index >= 15 is 0 Å². The van der Waals surface area contributed by atoms with Crippen molar-refractivity contribution < 1.29 is 9.53 Å². The molecule has 30 heavy (non-hydrogen) atoms. The summed E-state index contributed by atoms with van der Waals surface area (Å²) >= 11 is 0. The number of amides is 1. The average Bonchev–Trinajstić information content (AvgIpc) is 3.33. The monoisotopic (exact) mass is 399 g/mol. The molecule has 0 aliphatic rings. The van der Waals surface area contributed by atoms with E-state index in [1.807, 2.05) is 67.6 Å². The number of methoxy groups -OCH3 is 1. The van der Waals surface area contributed by atoms with E-state index in [4.69, 9.17) is 4.74 Å². The molecule has 0 bridgehead atoms. The number of rotatable bonds is 6. The standard InChI is InChI=1S/C23H21N5O2/c1-16-7-3-5-9-21(16)18-11-19(13-20(12-18)28-15-25-26-27-28)23(29)24-14-17-8-4-6-10-22(17)30-2/h3-13,15H,14H2,1-2H3,(H,24,29). The summed E-state index contributed by atoms with van der Waals surface area (Å²) in [4.78, 5) is 13.0. The lowest BCUT2D eigenvalue weighted by Gasteiger charge is -2.13. The van der Waals surface area contributed by atoms with Gasteiger partial charge in [-0.2, -0.15) is 0 Å². The number of para-hydroxylation sites is 1. The number of nitrogens with zero attached hydrogens (tertiary/aromatic N) is 4. The van der Waals surface area contributed by atoms with Crippen molar-refractivity contribution in [1.82, 2.24) is 25.5 Å². The summed E-state index contributed by atoms with van der Waals surface area (Å²) in [6, 6.07) is 21.3. The number of nitrogens with one attached hydrogen (secondary N) is 1. The summed E-state index contributed by atoms with van der Waals surface area (Å²) < 4.78 is 6.91. The highest BCUT2D eigenvalue weighted by Gasteiger charge is 2.13. The zero-order valence-corrected chi connectivity index (χ0v) is 16.7. The zero-order valence-electron chi connectivity index (χ0n) is 16.7. The molecule has 0 atom stereocenters. The Bertz CT molecular complexity index is 1170. The van der Waals surface area contributed by atoms with Crippen LogP contribution in [0.3, 0.4) is 0 Å². The molecule has 3 aromatic carbocycles. The number of aryl methyl sites for hydroxylation is 1. The summed E-state index contributed by atoms with van der Waals surface area (Å²) in [7, 11) is 1.62. The van der Waals surface area contributed by atoms with Gasteiger partial charge in [0.25, 0.3) is 5.91 Å². The van der Waals surface area contributed by atoms with Gasteiger partial charge >= 0.3 is 0 Å². The lowest BCUT2D eigenvalue weighted by molar-refractivity contribution is 0.0950. The number of hydrogen-bond acceptors (Lipinski definition) is 5. The molecule has 4 aromatic rings. The number of benzene rings is 3. The van der Waals surface area contributed by atoms with Gasteiger partial charge in [-0.15, -0.1) is 5.10 Å². The smallest absolute Gasteiger partial charge is 0.251 e. The molecule has 7 nitrogen and oxygen atoms in total. The molecule has 7 heteroatoms. The van der Waals surface area contributed by atoms with E-state index < -0.39 is 0 Å². The lowest BCUT2D eigenvalue weighted by Crippen LogP contribution is -2.23. The molecule has 0 fully saturated rings. The fraction of sp³-hybridized carbons (Fsp3) is 0.130. The van der Waals surface area contributed by atoms with Crippen molar-refractivity contribution >= 4 is 5.91 Å². The van der Waals surface area contributed by atoms with Gasteiger partial charge in [0.15, 0.2) is 0 Å². The molecule has 1 aromatic heterocycles. The second-order valence-corrected chi connectivity index (χ2v) is 6.83. The predicted molar refractivity (Wildman–Crippen MR) is 113 cm³/mol. The van der Waals surface area contributed by atoms with E-state index in [0.29, 0.717) is 17.8 Å². The van der Waals surface area contributed by atoms with E-state index in [0.717, 1.165) is 28.0 Å². The highest BCUT2D eigenvalue weighted by Crippen LogP contribution is 2.27. The molecule has 4 rings (SSSR count). The first-order valence-corrected chi connectivity index (χ1v) is 9.50. The van der Waals surface area contributed by atoms with E-state index in [-0.39, 0.29) is 5.91 Å². The molecule has 0 unspecified atom stereocenters. The van der Waals surface area contributed by atoms with Gasteiger partial charge < -0.3 is 10.1 Å². The first-order chi connectivity index (χ1) is 14.7. The molecule has 1 N–H and O–H groups in total. The summed E-state index contributed by atoms with van der Waals surface area (Å²) in [6.45, 7) is 2.40. The molecule has 0 saturated carbocycles. The molecule has 0 radical (unpaired) electrons. The minimum atomic E-state index is -0.189. The van der Waals surface area contributed by atoms with Crippen molar-refractivity contribution in [2.75, 3.05) is 7.11 Å². The van der Waals surface area contributed by atoms with E-state index in [9.17, 15) is 4.79 Å². The minimum Gasteiger partial charge on any atom is -0.496 e. The zero-order chi connectivity index (χ0) is 20.9. The highest BCUT2D eigenvalue weighted by molar-refractivity contribution is 5.96. The van der Waals surface area contributed by atoms with Crippen molar-refractivity contribution in [3.8, 4) is 22.6 Å². The van der Waals surface area contributed by atoms with Crippen LogP contribution in [0, 0.1) is 6.92 Å². The summed E-state index contributed by atoms with van der Waals surface area (Å²) in [5.74, 6) is 0.548. The molecule has 150 valence electrons. The van der Waals surface area contributed by atoms with Crippen LogP contribution in [0.25, 0.3) is 16.8 Å². The van der Waals surface area contributed by atoms with Crippen LogP contribution >= 0.6 is 0 Å². The Labute approximate surface area is 174 Å². The predicted octanol–water partition coefficient (Wildman–Crippen LogP) is 3.58. The minimum absolute atomic E-state index is 0.189. The number of ether oxygens (including phenoxy) is 1. The largest absolute Gasteiger partial charge is 0.496 e. The van der Waals surface area contributed by atoms with Gasteiger partial charge in [-0.05, 0) is 58.3 Å². The van der Waals surface area contributed by atoms with Crippen molar-refractivity contribution in [2.45, 2.75) is 13.5 Å². The Kier molecular flexibility index (Phi) is 5.52. The summed E-state index contributed by atoms with van der Waals surface area (Å²) in [5.41, 5.74) is 5.23. The molecule has 1 heterocycles. The van der Waals surface area contributed by atoms with Crippen LogP contribution in [0.2, 0.25) is 0 Å². The maximum atomic E-state index is 13.0. The Hall–Kier alpha value is -4.00. The molecule has 0 aliphatic heterocycles. The first kappa shape index (κ1) is 19.3. The van der Waals surface area contributed by atoms with Crippen molar-refractivity contribution in [3.63, 3.8) is 0 Å². The van der Waals surface area contributed by atoms with Crippen molar-refractivity contribution in [2.24, 2.45) is 0 Å². The Balaban J connectivity index is 1.68. The molecule has 0 aliphatic carbocycles. The van der Waals surface area contributed by atoms with Gasteiger partial charge in [-0.3, -0.25) is 4.79 Å². The quantitative estimate of drug-likeness (QED) is 0.536. The first-order valence-electron chi connectivity index (χ1n) is 9.50. The maximum Gasteiger partial charge on any atom is 0.251 e. The van der Waals surface area contributed by atoms with Crippen LogP contribution in [0.5, 0.6) is 5.75 Å². The second-order valence-electron chi connectivity index (χ2n) is 6.83. The third-order valence-corrected chi connectivity index (χ3v) is 4.88. The summed E-state index contributed by atoms with van der Waals surface area (Å²) in [5, 5.41) is 14.4. The van der Waals surface area contributed by atoms with Crippen LogP contribution in [0.15, 0.2) is 73.1 Å². The molecule has 0 spiro atoms. The van der Waals surface area contributed by atoms with Gasteiger partial charge in [0.1, 0.15) is 12.1 Å². The van der Waals surface area contributed by atoms with Gasteiger partial charge in [-0.25, -0.2) is 4.68 Å². The number of carbonyl (C=O) groups is 1. The maximum absolute atomic E-state index is 13.0. The van der Waals surface area contributed by atoms with Gasteiger partial charge in [0, 0.05) is 17.7 Å². The molecule has 0 saturated heterocycles. The second kappa shape index (κ2) is 8.57. The van der Waals surface area contributed by atoms with Crippen LogP contribution in [0.4, 0.5) is 0 Å². The van der Waals surface area contributed by atoms with Gasteiger partial charge in [-0.1, -0.05) is 42.5 Å². The highest BCUT2D eigenvalue weighted by atomic mass is 16.5. The average molecular weight is 399 g/mol. The topological polar surface area (TPSA) is 81.9 Å². The van der Waals surface area contributed by atoms with Crippen LogP contribution in [-0.2, 0) is 6.54 Å². The summed E-state index contributed by atoms with van der Waals surface area (Å²) in [6.07, 6.45) is 1.51. The van der Waals surface area contributed by atoms with Crippen LogP contribution in [-0.4, -0.2) is 33.2 Å². The number of aromatic nitrogens is 4. The van der Waals surface area contributed by atoms with Crippen LogP contribution in [0.1, 0.15) is 21.5 Å². The van der Waals surface area contributed by atoms with E-state index in [1.54, 1.807) is 17.9 Å². The van der Waals surface area contributed by atoms with E-state index in [2.05, 4.69) is 20.8 Å². The molecular weight excluding hydrogens is 378 g/mol. The fourth-order valence-corrected chi connectivity index (χ4v) is 3.33. The fourth-order valence-electron chi connectivity index (χ4n) is 3.33. The van der Waals surface area contributed by atoms with Gasteiger partial charge in [0.05, 0.1) is 12.8 Å². The van der Waals surface area contributed by atoms with Crippen molar-refractivity contribution in [1.29, 1.82) is 0 Å².